The summed E-state index contributed by atoms with van der Waals surface area (Å²) >= 11 is 0. The number of esters is 1. The molecule has 69 valence electrons. The van der Waals surface area contributed by atoms with E-state index in [2.05, 4.69) is 13.5 Å². The highest BCUT2D eigenvalue weighted by Crippen LogP contribution is 2.08. The van der Waals surface area contributed by atoms with E-state index in [1.807, 2.05) is 6.92 Å². The van der Waals surface area contributed by atoms with Crippen molar-refractivity contribution in [3.05, 3.63) is 18.1 Å². The fourth-order valence-electron chi connectivity index (χ4n) is 0.811. The first-order valence-corrected chi connectivity index (χ1v) is 4.21. The zero-order valence-corrected chi connectivity index (χ0v) is 8.14. The van der Waals surface area contributed by atoms with Crippen LogP contribution >= 0.6 is 0 Å². The van der Waals surface area contributed by atoms with E-state index in [1.54, 1.807) is 6.92 Å². The molecular weight excluding hydrogens is 152 g/mol. The van der Waals surface area contributed by atoms with E-state index in [0.29, 0.717) is 12.2 Å². The number of ether oxygens (including phenoxy) is 1. The predicted molar refractivity (Wildman–Crippen MR) is 49.6 cm³/mol. The maximum Gasteiger partial charge on any atom is 0.333 e. The summed E-state index contributed by atoms with van der Waals surface area (Å²) in [6.07, 6.45) is 2.11. The zero-order chi connectivity index (χ0) is 9.56. The first-order valence-electron chi connectivity index (χ1n) is 4.21. The van der Waals surface area contributed by atoms with Crippen LogP contribution in [0.5, 0.6) is 0 Å². The third kappa shape index (κ3) is 4.94. The Bertz CT molecular complexity index is 161. The second-order valence-electron chi connectivity index (χ2n) is 3.06. The van der Waals surface area contributed by atoms with Crippen molar-refractivity contribution in [2.45, 2.75) is 33.6 Å². The van der Waals surface area contributed by atoms with Gasteiger partial charge < -0.3 is 4.74 Å². The molecule has 0 aliphatic rings. The largest absolute Gasteiger partial charge is 0.462 e. The maximum absolute atomic E-state index is 10.9. The van der Waals surface area contributed by atoms with E-state index < -0.39 is 0 Å². The molecule has 0 amide bonds. The van der Waals surface area contributed by atoms with Gasteiger partial charge in [-0.2, -0.15) is 0 Å². The van der Waals surface area contributed by atoms with Crippen LogP contribution in [0.4, 0.5) is 0 Å². The molecule has 0 fully saturated rings. The van der Waals surface area contributed by atoms with Crippen molar-refractivity contribution in [2.24, 2.45) is 0 Å². The lowest BCUT2D eigenvalue weighted by Crippen LogP contribution is -2.10. The highest BCUT2D eigenvalue weighted by Gasteiger charge is 2.06. The number of carbonyl (C=O) groups is 1. The van der Waals surface area contributed by atoms with Crippen LogP contribution in [-0.2, 0) is 9.53 Å². The minimum Gasteiger partial charge on any atom is -0.462 e. The average Bonchev–Trinajstić information content (AvgIpc) is 2.00. The molecule has 0 saturated heterocycles. The molecule has 0 bridgehead atoms. The zero-order valence-electron chi connectivity index (χ0n) is 8.14. The number of carbonyl (C=O) groups excluding carboxylic acids is 1. The Kier molecular flexibility index (Phi) is 5.43. The minimum absolute atomic E-state index is 0.301. The molecular formula is C10H17O2. The lowest BCUT2D eigenvalue weighted by Gasteiger charge is -2.09. The van der Waals surface area contributed by atoms with Crippen LogP contribution in [0.15, 0.2) is 12.2 Å². The van der Waals surface area contributed by atoms with Crippen LogP contribution in [-0.4, -0.2) is 12.6 Å². The van der Waals surface area contributed by atoms with Crippen molar-refractivity contribution < 1.29 is 9.53 Å². The Morgan fingerprint density at radius 1 is 1.42 bits per heavy atom. The van der Waals surface area contributed by atoms with E-state index in [1.165, 1.54) is 5.92 Å². The second kappa shape index (κ2) is 5.81. The van der Waals surface area contributed by atoms with Crippen LogP contribution < -0.4 is 0 Å². The molecule has 0 aliphatic carbocycles. The average molecular weight is 169 g/mol. The quantitative estimate of drug-likeness (QED) is 0.467. The molecule has 2 nitrogen and oxygen atoms in total. The lowest BCUT2D eigenvalue weighted by atomic mass is 10.1. The Balaban J connectivity index is 3.54. The Morgan fingerprint density at radius 3 is 2.42 bits per heavy atom. The van der Waals surface area contributed by atoms with Crippen molar-refractivity contribution in [3.8, 4) is 0 Å². The molecule has 12 heavy (non-hydrogen) atoms. The number of hydrogen-bond acceptors (Lipinski definition) is 2. The van der Waals surface area contributed by atoms with Gasteiger partial charge in [0.15, 0.2) is 0 Å². The summed E-state index contributed by atoms with van der Waals surface area (Å²) in [6.45, 7) is 9.67. The van der Waals surface area contributed by atoms with E-state index in [-0.39, 0.29) is 5.97 Å². The van der Waals surface area contributed by atoms with E-state index in [9.17, 15) is 4.79 Å². The summed E-state index contributed by atoms with van der Waals surface area (Å²) in [5.74, 6) is 0.901. The van der Waals surface area contributed by atoms with Crippen molar-refractivity contribution in [3.63, 3.8) is 0 Å². The minimum atomic E-state index is -0.301. The third-order valence-electron chi connectivity index (χ3n) is 1.47. The smallest absolute Gasteiger partial charge is 0.333 e. The van der Waals surface area contributed by atoms with Crippen LogP contribution in [0.25, 0.3) is 0 Å². The van der Waals surface area contributed by atoms with Crippen molar-refractivity contribution >= 4 is 5.97 Å². The van der Waals surface area contributed by atoms with Gasteiger partial charge in [-0.05, 0) is 13.3 Å². The molecule has 0 aliphatic heterocycles. The van der Waals surface area contributed by atoms with Gasteiger partial charge in [-0.3, -0.25) is 0 Å². The molecule has 0 saturated carbocycles. The highest BCUT2D eigenvalue weighted by atomic mass is 16.5. The van der Waals surface area contributed by atoms with E-state index >= 15 is 0 Å². The maximum atomic E-state index is 10.9. The standard InChI is InChI=1S/C10H17O2/c1-5-6-9(4)7-12-10(11)8(2)3/h2,5-7H2,1,3-4H3. The summed E-state index contributed by atoms with van der Waals surface area (Å²) < 4.78 is 4.94. The molecule has 0 aromatic carbocycles. The molecule has 0 rings (SSSR count). The Labute approximate surface area is 74.6 Å². The van der Waals surface area contributed by atoms with Crippen molar-refractivity contribution in [2.75, 3.05) is 6.61 Å². The monoisotopic (exact) mass is 169 g/mol. The third-order valence-corrected chi connectivity index (χ3v) is 1.47. The lowest BCUT2D eigenvalue weighted by molar-refractivity contribution is -0.138. The van der Waals surface area contributed by atoms with Gasteiger partial charge in [0, 0.05) is 11.5 Å². The van der Waals surface area contributed by atoms with Gasteiger partial charge in [0.05, 0.1) is 6.61 Å². The van der Waals surface area contributed by atoms with Crippen LogP contribution in [0.1, 0.15) is 33.6 Å². The SMILES string of the molecule is C=C(C)C(=O)OC[C](C)CCC. The summed E-state index contributed by atoms with van der Waals surface area (Å²) in [5.41, 5.74) is 0.458. The molecule has 0 spiro atoms. The normalized spacial score (nSPS) is 10.0. The van der Waals surface area contributed by atoms with Crippen LogP contribution in [0, 0.1) is 5.92 Å². The van der Waals surface area contributed by atoms with Gasteiger partial charge in [0.1, 0.15) is 0 Å². The van der Waals surface area contributed by atoms with Gasteiger partial charge in [-0.25, -0.2) is 4.79 Å². The summed E-state index contributed by atoms with van der Waals surface area (Å²) in [5, 5.41) is 0. The molecule has 0 unspecified atom stereocenters. The molecule has 0 N–H and O–H groups in total. The molecule has 0 aromatic heterocycles. The van der Waals surface area contributed by atoms with Crippen molar-refractivity contribution in [1.82, 2.24) is 0 Å². The van der Waals surface area contributed by atoms with Crippen LogP contribution in [0.2, 0.25) is 0 Å². The fraction of sp³-hybridized carbons (Fsp3) is 0.600. The first kappa shape index (κ1) is 11.2. The summed E-state index contributed by atoms with van der Waals surface area (Å²) in [6, 6.07) is 0. The highest BCUT2D eigenvalue weighted by molar-refractivity contribution is 5.86. The fourth-order valence-corrected chi connectivity index (χ4v) is 0.811. The summed E-state index contributed by atoms with van der Waals surface area (Å²) in [7, 11) is 0. The molecule has 0 aromatic rings. The van der Waals surface area contributed by atoms with Gasteiger partial charge in [0.2, 0.25) is 0 Å². The number of hydrogen-bond donors (Lipinski definition) is 0. The molecule has 0 atom stereocenters. The van der Waals surface area contributed by atoms with Gasteiger partial charge in [-0.15, -0.1) is 0 Å². The first-order chi connectivity index (χ1) is 5.57. The molecule has 2 heteroatoms. The van der Waals surface area contributed by atoms with E-state index in [4.69, 9.17) is 4.74 Å². The molecule has 1 radical (unpaired) electrons. The summed E-state index contributed by atoms with van der Waals surface area (Å²) in [4.78, 5) is 10.9. The number of rotatable bonds is 5. The van der Waals surface area contributed by atoms with Crippen LogP contribution in [0.3, 0.4) is 0 Å². The topological polar surface area (TPSA) is 26.3 Å². The van der Waals surface area contributed by atoms with Gasteiger partial charge >= 0.3 is 5.97 Å². The molecule has 0 heterocycles. The second-order valence-corrected chi connectivity index (χ2v) is 3.06. The van der Waals surface area contributed by atoms with Crippen molar-refractivity contribution in [1.29, 1.82) is 0 Å². The Hall–Kier alpha value is -0.790. The van der Waals surface area contributed by atoms with E-state index in [0.717, 1.165) is 12.8 Å². The Morgan fingerprint density at radius 2 is 2.00 bits per heavy atom. The van der Waals surface area contributed by atoms with Gasteiger partial charge in [0.25, 0.3) is 0 Å². The van der Waals surface area contributed by atoms with Gasteiger partial charge in [-0.1, -0.05) is 26.8 Å². The predicted octanol–water partition coefficient (Wildman–Crippen LogP) is 2.50.